The monoisotopic (exact) mass is 243 g/mol. The van der Waals surface area contributed by atoms with E-state index in [1.807, 2.05) is 20.8 Å². The molecule has 2 aliphatic heterocycles. The second-order valence-electron chi connectivity index (χ2n) is 5.22. The molecule has 0 saturated carbocycles. The lowest BCUT2D eigenvalue weighted by atomic mass is 10.2. The van der Waals surface area contributed by atoms with E-state index in [1.54, 1.807) is 4.90 Å². The zero-order valence-corrected chi connectivity index (χ0v) is 10.6. The van der Waals surface area contributed by atoms with Crippen molar-refractivity contribution in [3.63, 3.8) is 0 Å². The van der Waals surface area contributed by atoms with Gasteiger partial charge in [-0.15, -0.1) is 0 Å². The molecule has 0 aromatic carbocycles. The van der Waals surface area contributed by atoms with Crippen LogP contribution in [0.15, 0.2) is 0 Å². The highest BCUT2D eigenvalue weighted by Gasteiger charge is 2.41. The minimum atomic E-state index is -0.440. The van der Waals surface area contributed by atoms with Crippen LogP contribution in [0, 0.1) is 0 Å². The molecule has 0 bridgehead atoms. The molecule has 16 heavy (non-hydrogen) atoms. The Bertz CT molecular complexity index is 311. The molecule has 2 rings (SSSR count). The third-order valence-corrected chi connectivity index (χ3v) is 2.84. The zero-order valence-electron chi connectivity index (χ0n) is 9.74. The number of thiocarbonyl (C=S) groups is 1. The summed E-state index contributed by atoms with van der Waals surface area (Å²) in [5.74, 6) is 0. The quantitative estimate of drug-likeness (QED) is 0.605. The number of rotatable bonds is 0. The van der Waals surface area contributed by atoms with Crippen molar-refractivity contribution in [1.29, 1.82) is 0 Å². The van der Waals surface area contributed by atoms with Crippen LogP contribution in [-0.2, 0) is 4.74 Å². The van der Waals surface area contributed by atoms with Crippen molar-refractivity contribution in [3.05, 3.63) is 0 Å². The highest BCUT2D eigenvalue weighted by Crippen LogP contribution is 2.18. The van der Waals surface area contributed by atoms with Gasteiger partial charge in [-0.2, -0.15) is 0 Å². The second kappa shape index (κ2) is 3.76. The predicted molar refractivity (Wildman–Crippen MR) is 64.3 cm³/mol. The lowest BCUT2D eigenvalue weighted by molar-refractivity contribution is 0.0288. The van der Waals surface area contributed by atoms with Gasteiger partial charge in [-0.25, -0.2) is 4.79 Å². The largest absolute Gasteiger partial charge is 0.444 e. The number of hydrogen-bond acceptors (Lipinski definition) is 3. The molecule has 2 fully saturated rings. The minimum absolute atomic E-state index is 0.222. The molecule has 0 radical (unpaired) electrons. The second-order valence-corrected chi connectivity index (χ2v) is 5.62. The van der Waals surface area contributed by atoms with Gasteiger partial charge in [-0.05, 0) is 33.0 Å². The lowest BCUT2D eigenvalue weighted by Crippen LogP contribution is -2.40. The van der Waals surface area contributed by atoms with Crippen LogP contribution in [0.25, 0.3) is 0 Å². The number of nitrogens with one attached hydrogen (secondary N) is 2. The van der Waals surface area contributed by atoms with E-state index in [0.29, 0.717) is 18.2 Å². The molecule has 0 spiro atoms. The smallest absolute Gasteiger partial charge is 0.410 e. The van der Waals surface area contributed by atoms with Crippen LogP contribution in [-0.4, -0.2) is 46.9 Å². The maximum atomic E-state index is 11.8. The van der Waals surface area contributed by atoms with Gasteiger partial charge in [-0.3, -0.25) is 0 Å². The maximum Gasteiger partial charge on any atom is 0.410 e. The minimum Gasteiger partial charge on any atom is -0.444 e. The predicted octanol–water partition coefficient (Wildman–Crippen LogP) is 0.452. The van der Waals surface area contributed by atoms with Gasteiger partial charge in [0.1, 0.15) is 5.60 Å². The van der Waals surface area contributed by atoms with Gasteiger partial charge in [0.05, 0.1) is 12.1 Å². The molecule has 2 saturated heterocycles. The number of nitrogens with zero attached hydrogens (tertiary/aromatic N) is 1. The summed E-state index contributed by atoms with van der Waals surface area (Å²) in [6.45, 7) is 6.90. The van der Waals surface area contributed by atoms with Crippen molar-refractivity contribution in [2.45, 2.75) is 38.5 Å². The zero-order chi connectivity index (χ0) is 11.9. The third-order valence-electron chi connectivity index (χ3n) is 2.60. The van der Waals surface area contributed by atoms with Crippen LogP contribution in [0.4, 0.5) is 4.79 Å². The van der Waals surface area contributed by atoms with Crippen molar-refractivity contribution in [1.82, 2.24) is 15.5 Å². The van der Waals surface area contributed by atoms with Crippen LogP contribution in [0.2, 0.25) is 0 Å². The summed E-state index contributed by atoms with van der Waals surface area (Å²) in [5, 5.41) is 6.95. The van der Waals surface area contributed by atoms with Gasteiger partial charge in [-0.1, -0.05) is 0 Å². The maximum absolute atomic E-state index is 11.8. The van der Waals surface area contributed by atoms with E-state index in [9.17, 15) is 4.79 Å². The fourth-order valence-electron chi connectivity index (χ4n) is 1.95. The molecule has 2 aliphatic rings. The highest BCUT2D eigenvalue weighted by atomic mass is 32.1. The Labute approximate surface area is 101 Å². The van der Waals surface area contributed by atoms with E-state index in [2.05, 4.69) is 10.6 Å². The van der Waals surface area contributed by atoms with Crippen molar-refractivity contribution in [2.75, 3.05) is 13.1 Å². The number of hydrogen-bond donors (Lipinski definition) is 2. The van der Waals surface area contributed by atoms with E-state index >= 15 is 0 Å². The summed E-state index contributed by atoms with van der Waals surface area (Å²) < 4.78 is 5.31. The summed E-state index contributed by atoms with van der Waals surface area (Å²) >= 11 is 5.01. The average molecular weight is 243 g/mol. The van der Waals surface area contributed by atoms with E-state index in [4.69, 9.17) is 17.0 Å². The first-order chi connectivity index (χ1) is 7.35. The number of carbonyl (C=O) groups is 1. The van der Waals surface area contributed by atoms with Crippen LogP contribution in [0.1, 0.15) is 20.8 Å². The Kier molecular flexibility index (Phi) is 2.69. The molecule has 5 nitrogen and oxygen atoms in total. The van der Waals surface area contributed by atoms with Crippen LogP contribution in [0.5, 0.6) is 0 Å². The molecular weight excluding hydrogens is 226 g/mol. The van der Waals surface area contributed by atoms with Gasteiger partial charge < -0.3 is 20.3 Å². The van der Waals surface area contributed by atoms with Gasteiger partial charge in [0.25, 0.3) is 0 Å². The van der Waals surface area contributed by atoms with Crippen molar-refractivity contribution < 1.29 is 9.53 Å². The van der Waals surface area contributed by atoms with E-state index in [0.717, 1.165) is 0 Å². The lowest BCUT2D eigenvalue weighted by Gasteiger charge is -2.24. The molecule has 0 aliphatic carbocycles. The van der Waals surface area contributed by atoms with Crippen molar-refractivity contribution in [2.24, 2.45) is 0 Å². The van der Waals surface area contributed by atoms with Gasteiger partial charge in [0.15, 0.2) is 5.11 Å². The summed E-state index contributed by atoms with van der Waals surface area (Å²) in [7, 11) is 0. The molecule has 2 heterocycles. The molecule has 1 amide bonds. The normalized spacial score (nSPS) is 28.4. The summed E-state index contributed by atoms with van der Waals surface area (Å²) in [4.78, 5) is 13.5. The van der Waals surface area contributed by atoms with Gasteiger partial charge in [0.2, 0.25) is 0 Å². The Morgan fingerprint density at radius 3 is 2.31 bits per heavy atom. The molecule has 0 aromatic heterocycles. The summed E-state index contributed by atoms with van der Waals surface area (Å²) in [6.07, 6.45) is -0.253. The Hall–Kier alpha value is -1.04. The van der Waals surface area contributed by atoms with E-state index in [-0.39, 0.29) is 18.2 Å². The standard InChI is InChI=1S/C10H17N3O2S/c1-10(2,3)15-9(14)13-4-6-7(5-13)12-8(16)11-6/h6-7H,4-5H2,1-3H3,(H2,11,12,16). The molecular formula is C10H17N3O2S. The molecule has 2 unspecified atom stereocenters. The van der Waals surface area contributed by atoms with Crippen LogP contribution < -0.4 is 10.6 Å². The number of carbonyl (C=O) groups excluding carboxylic acids is 1. The number of fused-ring (bicyclic) bond motifs is 1. The first-order valence-corrected chi connectivity index (χ1v) is 5.81. The Morgan fingerprint density at radius 2 is 1.88 bits per heavy atom. The number of amides is 1. The summed E-state index contributed by atoms with van der Waals surface area (Å²) in [6, 6.07) is 0.444. The molecule has 2 N–H and O–H groups in total. The fourth-order valence-corrected chi connectivity index (χ4v) is 2.25. The Morgan fingerprint density at radius 1 is 1.38 bits per heavy atom. The fraction of sp³-hybridized carbons (Fsp3) is 0.800. The first kappa shape index (κ1) is 11.4. The first-order valence-electron chi connectivity index (χ1n) is 5.40. The van der Waals surface area contributed by atoms with E-state index in [1.165, 1.54) is 0 Å². The highest BCUT2D eigenvalue weighted by molar-refractivity contribution is 7.80. The average Bonchev–Trinajstić information content (AvgIpc) is 2.56. The van der Waals surface area contributed by atoms with Gasteiger partial charge >= 0.3 is 6.09 Å². The van der Waals surface area contributed by atoms with Crippen LogP contribution >= 0.6 is 12.2 Å². The van der Waals surface area contributed by atoms with E-state index < -0.39 is 5.60 Å². The SMILES string of the molecule is CC(C)(C)OC(=O)N1CC2NC(=S)NC2C1. The Balaban J connectivity index is 1.90. The molecule has 2 atom stereocenters. The number of ether oxygens (including phenoxy) is 1. The number of likely N-dealkylation sites (tertiary alicyclic amines) is 1. The van der Waals surface area contributed by atoms with Gasteiger partial charge in [0, 0.05) is 13.1 Å². The topological polar surface area (TPSA) is 53.6 Å². The van der Waals surface area contributed by atoms with Crippen molar-refractivity contribution >= 4 is 23.4 Å². The molecule has 90 valence electrons. The molecule has 0 aromatic rings. The molecule has 6 heteroatoms. The van der Waals surface area contributed by atoms with Crippen molar-refractivity contribution in [3.8, 4) is 0 Å². The third kappa shape index (κ3) is 2.37. The van der Waals surface area contributed by atoms with Crippen LogP contribution in [0.3, 0.4) is 0 Å². The summed E-state index contributed by atoms with van der Waals surface area (Å²) in [5.41, 5.74) is -0.440.